The Balaban J connectivity index is 2.88. The van der Waals surface area contributed by atoms with Gasteiger partial charge < -0.3 is 9.47 Å². The second-order valence-corrected chi connectivity index (χ2v) is 3.83. The zero-order valence-corrected chi connectivity index (χ0v) is 11.0. The molecular formula is C12H6F6N2O2. The lowest BCUT2D eigenvalue weighted by molar-refractivity contribution is 0.334. The van der Waals surface area contributed by atoms with Crippen molar-refractivity contribution in [3.63, 3.8) is 0 Å². The minimum atomic E-state index is -2.37. The molecule has 0 fully saturated rings. The molecule has 0 atom stereocenters. The summed E-state index contributed by atoms with van der Waals surface area (Å²) in [5.74, 6) is -13.6. The van der Waals surface area contributed by atoms with E-state index in [0.29, 0.717) is 0 Å². The second-order valence-electron chi connectivity index (χ2n) is 3.83. The molecular weight excluding hydrogens is 318 g/mol. The van der Waals surface area contributed by atoms with Gasteiger partial charge in [-0.05, 0) is 0 Å². The van der Waals surface area contributed by atoms with E-state index in [4.69, 9.17) is 0 Å². The van der Waals surface area contributed by atoms with Crippen LogP contribution in [0, 0.1) is 34.9 Å². The summed E-state index contributed by atoms with van der Waals surface area (Å²) in [6.45, 7) is 0. The van der Waals surface area contributed by atoms with E-state index >= 15 is 0 Å². The molecule has 10 heteroatoms. The molecule has 0 N–H and O–H groups in total. The van der Waals surface area contributed by atoms with E-state index in [9.17, 15) is 26.3 Å². The van der Waals surface area contributed by atoms with Gasteiger partial charge in [0.15, 0.2) is 23.3 Å². The van der Waals surface area contributed by atoms with Crippen LogP contribution in [0.25, 0.3) is 11.3 Å². The van der Waals surface area contributed by atoms with Crippen molar-refractivity contribution in [3.8, 4) is 23.1 Å². The maximum Gasteiger partial charge on any atom is 0.320 e. The number of aromatic nitrogens is 2. The molecule has 1 aromatic carbocycles. The van der Waals surface area contributed by atoms with Gasteiger partial charge in [-0.1, -0.05) is 0 Å². The van der Waals surface area contributed by atoms with Crippen molar-refractivity contribution in [2.75, 3.05) is 14.2 Å². The van der Waals surface area contributed by atoms with Gasteiger partial charge >= 0.3 is 6.01 Å². The summed E-state index contributed by atoms with van der Waals surface area (Å²) in [7, 11) is 2.03. The van der Waals surface area contributed by atoms with Gasteiger partial charge in [-0.25, -0.2) is 22.0 Å². The van der Waals surface area contributed by atoms with Gasteiger partial charge in [-0.3, -0.25) is 0 Å². The highest BCUT2D eigenvalue weighted by atomic mass is 19.2. The molecule has 0 unspecified atom stereocenters. The number of nitrogens with zero attached hydrogens (tertiary/aromatic N) is 2. The van der Waals surface area contributed by atoms with E-state index in [1.807, 2.05) is 0 Å². The average Bonchev–Trinajstić information content (AvgIpc) is 2.52. The summed E-state index contributed by atoms with van der Waals surface area (Å²) >= 11 is 0. The highest BCUT2D eigenvalue weighted by Gasteiger charge is 2.31. The van der Waals surface area contributed by atoms with Crippen LogP contribution in [0.15, 0.2) is 0 Å². The van der Waals surface area contributed by atoms with E-state index in [-0.39, 0.29) is 0 Å². The molecule has 0 saturated carbocycles. The van der Waals surface area contributed by atoms with Gasteiger partial charge in [0.2, 0.25) is 11.6 Å². The number of hydrogen-bond donors (Lipinski definition) is 0. The number of benzene rings is 1. The van der Waals surface area contributed by atoms with Gasteiger partial charge in [0.1, 0.15) is 5.69 Å². The third-order valence-electron chi connectivity index (χ3n) is 2.62. The predicted molar refractivity (Wildman–Crippen MR) is 60.3 cm³/mol. The Labute approximate surface area is 119 Å². The van der Waals surface area contributed by atoms with Crippen molar-refractivity contribution < 1.29 is 35.8 Å². The lowest BCUT2D eigenvalue weighted by atomic mass is 10.1. The van der Waals surface area contributed by atoms with Crippen molar-refractivity contribution in [2.45, 2.75) is 0 Å². The topological polar surface area (TPSA) is 44.2 Å². The van der Waals surface area contributed by atoms with Gasteiger partial charge in [0.25, 0.3) is 5.88 Å². The van der Waals surface area contributed by atoms with E-state index < -0.39 is 58.1 Å². The minimum absolute atomic E-state index is 0.586. The fraction of sp³-hybridized carbons (Fsp3) is 0.167. The Morgan fingerprint density at radius 1 is 0.636 bits per heavy atom. The van der Waals surface area contributed by atoms with Gasteiger partial charge in [-0.15, -0.1) is 0 Å². The number of methoxy groups -OCH3 is 2. The molecule has 0 aliphatic rings. The largest absolute Gasteiger partial charge is 0.479 e. The molecule has 0 spiro atoms. The van der Waals surface area contributed by atoms with E-state index in [1.165, 1.54) is 0 Å². The number of hydrogen-bond acceptors (Lipinski definition) is 4. The quantitative estimate of drug-likeness (QED) is 0.495. The third kappa shape index (κ3) is 2.30. The first-order valence-electron chi connectivity index (χ1n) is 5.50. The first-order valence-corrected chi connectivity index (χ1v) is 5.50. The molecule has 0 aliphatic carbocycles. The third-order valence-corrected chi connectivity index (χ3v) is 2.62. The average molecular weight is 324 g/mol. The van der Waals surface area contributed by atoms with Gasteiger partial charge in [0.05, 0.1) is 19.8 Å². The first kappa shape index (κ1) is 15.9. The van der Waals surface area contributed by atoms with Crippen LogP contribution in [0.1, 0.15) is 0 Å². The summed E-state index contributed by atoms with van der Waals surface area (Å²) in [5.41, 5.74) is -2.73. The van der Waals surface area contributed by atoms with E-state index in [1.54, 1.807) is 0 Å². The normalized spacial score (nSPS) is 10.7. The molecule has 0 aliphatic heterocycles. The molecule has 1 aromatic heterocycles. The lowest BCUT2D eigenvalue weighted by Crippen LogP contribution is -2.08. The van der Waals surface area contributed by atoms with E-state index in [0.717, 1.165) is 14.2 Å². The molecule has 0 bridgehead atoms. The number of ether oxygens (including phenoxy) is 2. The highest BCUT2D eigenvalue weighted by Crippen LogP contribution is 2.34. The van der Waals surface area contributed by atoms with Crippen LogP contribution in [0.2, 0.25) is 0 Å². The molecule has 4 nitrogen and oxygen atoms in total. The summed E-state index contributed by atoms with van der Waals surface area (Å²) < 4.78 is 89.9. The Kier molecular flexibility index (Phi) is 4.11. The van der Waals surface area contributed by atoms with Crippen LogP contribution in [0.3, 0.4) is 0 Å². The van der Waals surface area contributed by atoms with Gasteiger partial charge in [0, 0.05) is 0 Å². The Hall–Kier alpha value is -2.52. The molecule has 2 rings (SSSR count). The van der Waals surface area contributed by atoms with Crippen molar-refractivity contribution >= 4 is 0 Å². The second kappa shape index (κ2) is 5.70. The molecule has 0 amide bonds. The number of halogens is 6. The van der Waals surface area contributed by atoms with Crippen LogP contribution < -0.4 is 9.47 Å². The molecule has 2 aromatic rings. The molecule has 0 saturated heterocycles. The maximum atomic E-state index is 14.0. The zero-order chi connectivity index (χ0) is 16.6. The van der Waals surface area contributed by atoms with Crippen LogP contribution in [0.5, 0.6) is 11.9 Å². The summed E-state index contributed by atoms with van der Waals surface area (Å²) in [5, 5.41) is 0. The van der Waals surface area contributed by atoms with Crippen molar-refractivity contribution in [3.05, 3.63) is 34.9 Å². The monoisotopic (exact) mass is 324 g/mol. The summed E-state index contributed by atoms with van der Waals surface area (Å²) in [6.07, 6.45) is 0. The zero-order valence-electron chi connectivity index (χ0n) is 11.0. The molecule has 118 valence electrons. The van der Waals surface area contributed by atoms with Crippen molar-refractivity contribution in [1.29, 1.82) is 0 Å². The van der Waals surface area contributed by atoms with Crippen LogP contribution in [-0.2, 0) is 0 Å². The fourth-order valence-electron chi connectivity index (χ4n) is 1.61. The summed E-state index contributed by atoms with van der Waals surface area (Å²) in [4.78, 5) is 6.66. The Morgan fingerprint density at radius 3 is 1.59 bits per heavy atom. The van der Waals surface area contributed by atoms with Crippen molar-refractivity contribution in [1.82, 2.24) is 9.97 Å². The van der Waals surface area contributed by atoms with Crippen molar-refractivity contribution in [2.24, 2.45) is 0 Å². The van der Waals surface area contributed by atoms with Crippen LogP contribution in [0.4, 0.5) is 26.3 Å². The Bertz CT molecular complexity index is 724. The van der Waals surface area contributed by atoms with Crippen LogP contribution in [-0.4, -0.2) is 24.2 Å². The van der Waals surface area contributed by atoms with Crippen LogP contribution >= 0.6 is 0 Å². The fourth-order valence-corrected chi connectivity index (χ4v) is 1.61. The Morgan fingerprint density at radius 2 is 1.14 bits per heavy atom. The number of rotatable bonds is 3. The SMILES string of the molecule is COc1nc(OC)c(F)c(-c2c(F)c(F)c(F)c(F)c2F)n1. The minimum Gasteiger partial charge on any atom is -0.479 e. The molecule has 0 radical (unpaired) electrons. The maximum absolute atomic E-state index is 14.0. The molecule has 22 heavy (non-hydrogen) atoms. The smallest absolute Gasteiger partial charge is 0.320 e. The molecule has 1 heterocycles. The lowest BCUT2D eigenvalue weighted by Gasteiger charge is -2.11. The van der Waals surface area contributed by atoms with E-state index in [2.05, 4.69) is 19.4 Å². The van der Waals surface area contributed by atoms with Gasteiger partial charge in [-0.2, -0.15) is 14.4 Å². The predicted octanol–water partition coefficient (Wildman–Crippen LogP) is 3.00. The highest BCUT2D eigenvalue weighted by molar-refractivity contribution is 5.63. The standard InChI is InChI=1S/C12H6F6N2O2/c1-21-11-9(18)10(19-12(20-11)22-2)3-4(13)6(15)8(17)7(16)5(3)14/h1-2H3. The summed E-state index contributed by atoms with van der Waals surface area (Å²) in [6, 6.07) is -0.586. The first-order chi connectivity index (χ1) is 10.3.